The molecule has 2 aromatic carbocycles. The van der Waals surface area contributed by atoms with Gasteiger partial charge in [-0.1, -0.05) is 32.1 Å². The number of unbranched alkanes of at least 4 members (excludes halogenated alkanes) is 1. The van der Waals surface area contributed by atoms with Gasteiger partial charge in [0, 0.05) is 31.7 Å². The highest BCUT2D eigenvalue weighted by atomic mass is 16.5. The molecule has 0 spiro atoms. The Kier molecular flexibility index (Phi) is 10.4. The van der Waals surface area contributed by atoms with Crippen molar-refractivity contribution in [2.75, 3.05) is 59.7 Å². The topological polar surface area (TPSA) is 97.8 Å². The molecule has 0 aromatic heterocycles. The molecule has 41 heavy (non-hydrogen) atoms. The summed E-state index contributed by atoms with van der Waals surface area (Å²) in [6.45, 7) is 12.1. The second-order valence-corrected chi connectivity index (χ2v) is 10.1. The number of aliphatic hydroxyl groups excluding tert-OH is 1. The van der Waals surface area contributed by atoms with Crippen LogP contribution in [0, 0.1) is 6.92 Å². The average molecular weight is 565 g/mol. The number of carbonyl (C=O) groups excluding carboxylic acids is 2. The lowest BCUT2D eigenvalue weighted by Crippen LogP contribution is -2.42. The van der Waals surface area contributed by atoms with Gasteiger partial charge in [-0.25, -0.2) is 0 Å². The predicted octanol–water partition coefficient (Wildman–Crippen LogP) is 4.50. The second-order valence-electron chi connectivity index (χ2n) is 10.1. The Labute approximate surface area is 241 Å². The number of benzene rings is 2. The number of likely N-dealkylation sites (tertiary alicyclic amines) is 1. The molecule has 1 amide bonds. The van der Waals surface area contributed by atoms with Gasteiger partial charge in [0.25, 0.3) is 11.7 Å². The van der Waals surface area contributed by atoms with Gasteiger partial charge in [-0.05, 0) is 54.8 Å². The van der Waals surface area contributed by atoms with Gasteiger partial charge in [-0.15, -0.1) is 0 Å². The summed E-state index contributed by atoms with van der Waals surface area (Å²) in [6, 6.07) is 9.81. The van der Waals surface area contributed by atoms with Crippen LogP contribution in [0.1, 0.15) is 42.5 Å². The average Bonchev–Trinajstić information content (AvgIpc) is 3.24. The maximum atomic E-state index is 13.5. The zero-order chi connectivity index (χ0) is 29.4. The third kappa shape index (κ3) is 6.92. The minimum atomic E-state index is -0.800. The molecule has 1 unspecified atom stereocenters. The highest BCUT2D eigenvalue weighted by Gasteiger charge is 2.46. The van der Waals surface area contributed by atoms with Crippen LogP contribution in [0.2, 0.25) is 0 Å². The molecule has 0 radical (unpaired) electrons. The number of Topliss-reactive ketones (excluding diaryl/α,β-unsaturated/α-hetero) is 1. The van der Waals surface area contributed by atoms with Crippen molar-refractivity contribution in [2.24, 2.45) is 0 Å². The lowest BCUT2D eigenvalue weighted by atomic mass is 9.93. The first-order chi connectivity index (χ1) is 19.9. The van der Waals surface area contributed by atoms with E-state index >= 15 is 0 Å². The SMILES string of the molecule is C=CCOc1ccc(C(O)=C2C(=O)C(=O)N(CCN3CCOCC3)C2c2ccc(OCCCC)c(OC)c2)c(C)c1. The molecule has 1 N–H and O–H groups in total. The Bertz CT molecular complexity index is 1280. The molecule has 9 heteroatoms. The van der Waals surface area contributed by atoms with Gasteiger partial charge in [0.15, 0.2) is 11.5 Å². The van der Waals surface area contributed by atoms with E-state index in [1.165, 1.54) is 0 Å². The number of methoxy groups -OCH3 is 1. The monoisotopic (exact) mass is 564 g/mol. The quantitative estimate of drug-likeness (QED) is 0.125. The van der Waals surface area contributed by atoms with Crippen LogP contribution in [0.15, 0.2) is 54.6 Å². The number of ketones is 1. The molecular formula is C32H40N2O7. The van der Waals surface area contributed by atoms with Crippen molar-refractivity contribution in [2.45, 2.75) is 32.7 Å². The largest absolute Gasteiger partial charge is 0.507 e. The van der Waals surface area contributed by atoms with E-state index in [1.54, 1.807) is 48.4 Å². The van der Waals surface area contributed by atoms with Crippen molar-refractivity contribution in [3.05, 3.63) is 71.3 Å². The molecule has 2 aliphatic heterocycles. The fourth-order valence-electron chi connectivity index (χ4n) is 5.12. The molecule has 4 rings (SSSR count). The zero-order valence-electron chi connectivity index (χ0n) is 24.2. The number of nitrogens with zero attached hydrogens (tertiary/aromatic N) is 2. The molecule has 2 saturated heterocycles. The molecule has 0 saturated carbocycles. The van der Waals surface area contributed by atoms with Gasteiger partial charge in [-0.3, -0.25) is 14.5 Å². The second kappa shape index (κ2) is 14.2. The van der Waals surface area contributed by atoms with Crippen molar-refractivity contribution in [1.29, 1.82) is 0 Å². The number of morpholine rings is 1. The minimum absolute atomic E-state index is 0.0431. The predicted molar refractivity (Wildman–Crippen MR) is 157 cm³/mol. The first kappa shape index (κ1) is 30.1. The van der Waals surface area contributed by atoms with Gasteiger partial charge in [0.1, 0.15) is 18.1 Å². The van der Waals surface area contributed by atoms with Crippen LogP contribution >= 0.6 is 0 Å². The first-order valence-electron chi connectivity index (χ1n) is 14.1. The summed E-state index contributed by atoms with van der Waals surface area (Å²) in [5.41, 5.74) is 1.86. The molecule has 0 bridgehead atoms. The van der Waals surface area contributed by atoms with Crippen LogP contribution in [-0.2, 0) is 14.3 Å². The maximum Gasteiger partial charge on any atom is 0.295 e. The van der Waals surface area contributed by atoms with E-state index < -0.39 is 17.7 Å². The Morgan fingerprint density at radius 1 is 1.10 bits per heavy atom. The van der Waals surface area contributed by atoms with Crippen LogP contribution in [-0.4, -0.2) is 86.3 Å². The van der Waals surface area contributed by atoms with Crippen molar-refractivity contribution in [1.82, 2.24) is 9.80 Å². The van der Waals surface area contributed by atoms with Crippen molar-refractivity contribution in [3.8, 4) is 17.2 Å². The van der Waals surface area contributed by atoms with Gasteiger partial charge in [-0.2, -0.15) is 0 Å². The van der Waals surface area contributed by atoms with E-state index in [4.69, 9.17) is 18.9 Å². The highest BCUT2D eigenvalue weighted by molar-refractivity contribution is 6.46. The lowest BCUT2D eigenvalue weighted by molar-refractivity contribution is -0.140. The van der Waals surface area contributed by atoms with E-state index in [1.807, 2.05) is 13.0 Å². The summed E-state index contributed by atoms with van der Waals surface area (Å²) in [5, 5.41) is 11.6. The molecule has 2 aliphatic rings. The molecule has 2 fully saturated rings. The van der Waals surface area contributed by atoms with Crippen molar-refractivity contribution >= 4 is 17.4 Å². The highest BCUT2D eigenvalue weighted by Crippen LogP contribution is 2.42. The van der Waals surface area contributed by atoms with Gasteiger partial charge >= 0.3 is 0 Å². The lowest BCUT2D eigenvalue weighted by Gasteiger charge is -2.31. The summed E-state index contributed by atoms with van der Waals surface area (Å²) in [4.78, 5) is 30.8. The molecule has 1 atom stereocenters. The maximum absolute atomic E-state index is 13.5. The normalized spacial score (nSPS) is 18.9. The van der Waals surface area contributed by atoms with Crippen molar-refractivity contribution < 1.29 is 33.6 Å². The standard InChI is InChI=1S/C32H40N2O7/c1-5-7-17-41-26-11-8-23(21-27(26)38-4)29-28(30(35)25-10-9-24(20-22(25)3)40-16-6-2)31(36)32(37)34(29)13-12-33-14-18-39-19-15-33/h6,8-11,20-21,29,35H,2,5,7,12-19H2,1,3-4H3. The fourth-order valence-corrected chi connectivity index (χ4v) is 5.12. The molecule has 9 nitrogen and oxygen atoms in total. The molecule has 2 heterocycles. The Morgan fingerprint density at radius 2 is 1.88 bits per heavy atom. The number of hydrogen-bond acceptors (Lipinski definition) is 8. The third-order valence-electron chi connectivity index (χ3n) is 7.38. The summed E-state index contributed by atoms with van der Waals surface area (Å²) in [7, 11) is 1.56. The molecule has 220 valence electrons. The fraction of sp³-hybridized carbons (Fsp3) is 0.438. The van der Waals surface area contributed by atoms with Crippen LogP contribution in [0.5, 0.6) is 17.2 Å². The number of ether oxygens (including phenoxy) is 4. The number of amides is 1. The Balaban J connectivity index is 1.75. The zero-order valence-corrected chi connectivity index (χ0v) is 24.2. The molecule has 2 aromatic rings. The van der Waals surface area contributed by atoms with Crippen LogP contribution in [0.4, 0.5) is 0 Å². The first-order valence-corrected chi connectivity index (χ1v) is 14.1. The van der Waals surface area contributed by atoms with E-state index in [9.17, 15) is 14.7 Å². The summed E-state index contributed by atoms with van der Waals surface area (Å²) < 4.78 is 22.6. The summed E-state index contributed by atoms with van der Waals surface area (Å²) in [5.74, 6) is 0.110. The van der Waals surface area contributed by atoms with Gasteiger partial charge in [0.05, 0.1) is 38.5 Å². The Hall–Kier alpha value is -3.82. The number of aliphatic hydroxyl groups is 1. The van der Waals surface area contributed by atoms with E-state index in [2.05, 4.69) is 18.4 Å². The smallest absolute Gasteiger partial charge is 0.295 e. The van der Waals surface area contributed by atoms with Crippen molar-refractivity contribution in [3.63, 3.8) is 0 Å². The Morgan fingerprint density at radius 3 is 2.56 bits per heavy atom. The number of aryl methyl sites for hydroxylation is 1. The minimum Gasteiger partial charge on any atom is -0.507 e. The summed E-state index contributed by atoms with van der Waals surface area (Å²) >= 11 is 0. The van der Waals surface area contributed by atoms with Gasteiger partial charge in [0.2, 0.25) is 0 Å². The van der Waals surface area contributed by atoms with E-state index in [0.29, 0.717) is 73.5 Å². The molecular weight excluding hydrogens is 524 g/mol. The molecule has 0 aliphatic carbocycles. The van der Waals surface area contributed by atoms with Gasteiger partial charge < -0.3 is 29.0 Å². The summed E-state index contributed by atoms with van der Waals surface area (Å²) in [6.07, 6.45) is 3.55. The van der Waals surface area contributed by atoms with Crippen LogP contribution in [0.3, 0.4) is 0 Å². The van der Waals surface area contributed by atoms with E-state index in [-0.39, 0.29) is 11.3 Å². The number of carbonyl (C=O) groups is 2. The third-order valence-corrected chi connectivity index (χ3v) is 7.38. The van der Waals surface area contributed by atoms with Crippen LogP contribution < -0.4 is 14.2 Å². The van der Waals surface area contributed by atoms with E-state index in [0.717, 1.165) is 25.9 Å². The number of hydrogen-bond donors (Lipinski definition) is 1. The number of rotatable bonds is 13. The van der Waals surface area contributed by atoms with Crippen LogP contribution in [0.25, 0.3) is 5.76 Å².